The number of nitrogens with zero attached hydrogens (tertiary/aromatic N) is 2. The highest BCUT2D eigenvalue weighted by molar-refractivity contribution is 7.17. The fraction of sp³-hybridized carbons (Fsp3) is 0.600. The zero-order valence-corrected chi connectivity index (χ0v) is 9.04. The van der Waals surface area contributed by atoms with E-state index in [2.05, 4.69) is 9.88 Å². The number of carboxylic acid groups (broad SMARTS) is 1. The van der Waals surface area contributed by atoms with Crippen LogP contribution in [0.5, 0.6) is 0 Å². The van der Waals surface area contributed by atoms with Crippen LogP contribution in [0.15, 0.2) is 6.20 Å². The van der Waals surface area contributed by atoms with Crippen LogP contribution in [-0.4, -0.2) is 28.6 Å². The van der Waals surface area contributed by atoms with Gasteiger partial charge in [-0.3, -0.25) is 0 Å². The molecule has 1 aliphatic carbocycles. The van der Waals surface area contributed by atoms with Gasteiger partial charge in [0.05, 0.1) is 6.20 Å². The Hall–Kier alpha value is -1.10. The number of carboxylic acids is 1. The van der Waals surface area contributed by atoms with Crippen LogP contribution < -0.4 is 4.90 Å². The maximum Gasteiger partial charge on any atom is 0.347 e. The van der Waals surface area contributed by atoms with Gasteiger partial charge in [0, 0.05) is 12.6 Å². The standard InChI is InChI=1S/C10H12N2O2S/c13-9(14)8-4-11-10(15-8)12-5-6-1-2-7(12)3-6/h4,6-7H,1-3,5H2,(H,13,14). The molecule has 2 fully saturated rings. The van der Waals surface area contributed by atoms with Gasteiger partial charge in [-0.05, 0) is 25.2 Å². The molecule has 0 amide bonds. The van der Waals surface area contributed by atoms with E-state index in [0.29, 0.717) is 10.9 Å². The highest BCUT2D eigenvalue weighted by atomic mass is 32.1. The lowest BCUT2D eigenvalue weighted by Crippen LogP contribution is -2.31. The van der Waals surface area contributed by atoms with Gasteiger partial charge in [-0.15, -0.1) is 0 Å². The van der Waals surface area contributed by atoms with E-state index in [1.54, 1.807) is 0 Å². The molecule has 1 aromatic heterocycles. The predicted octanol–water partition coefficient (Wildman–Crippen LogP) is 1.83. The number of rotatable bonds is 2. The molecule has 15 heavy (non-hydrogen) atoms. The largest absolute Gasteiger partial charge is 0.477 e. The van der Waals surface area contributed by atoms with E-state index in [9.17, 15) is 4.79 Å². The van der Waals surface area contributed by atoms with Gasteiger partial charge < -0.3 is 10.0 Å². The minimum Gasteiger partial charge on any atom is -0.477 e. The summed E-state index contributed by atoms with van der Waals surface area (Å²) in [6.07, 6.45) is 5.31. The third kappa shape index (κ3) is 1.42. The maximum atomic E-state index is 10.7. The zero-order chi connectivity index (χ0) is 10.4. The summed E-state index contributed by atoms with van der Waals surface area (Å²) in [5, 5.41) is 9.71. The Balaban J connectivity index is 1.84. The van der Waals surface area contributed by atoms with Crippen LogP contribution in [0.1, 0.15) is 28.9 Å². The highest BCUT2D eigenvalue weighted by Crippen LogP contribution is 2.41. The molecule has 1 aliphatic heterocycles. The second kappa shape index (κ2) is 3.20. The van der Waals surface area contributed by atoms with Gasteiger partial charge in [-0.25, -0.2) is 9.78 Å². The summed E-state index contributed by atoms with van der Waals surface area (Å²) in [6.45, 7) is 1.07. The summed E-state index contributed by atoms with van der Waals surface area (Å²) < 4.78 is 0. The normalized spacial score (nSPS) is 28.7. The molecular weight excluding hydrogens is 212 g/mol. The van der Waals surface area contributed by atoms with E-state index in [4.69, 9.17) is 5.11 Å². The lowest BCUT2D eigenvalue weighted by molar-refractivity contribution is 0.0702. The molecule has 2 aliphatic rings. The molecule has 2 heterocycles. The molecule has 1 saturated carbocycles. The lowest BCUT2D eigenvalue weighted by atomic mass is 10.1. The maximum absolute atomic E-state index is 10.7. The lowest BCUT2D eigenvalue weighted by Gasteiger charge is -2.26. The molecule has 2 atom stereocenters. The van der Waals surface area contributed by atoms with Crippen LogP contribution in [0.25, 0.3) is 0 Å². The number of hydrogen-bond acceptors (Lipinski definition) is 4. The Labute approximate surface area is 91.5 Å². The van der Waals surface area contributed by atoms with Gasteiger partial charge >= 0.3 is 5.97 Å². The number of carbonyl (C=O) groups is 1. The Morgan fingerprint density at radius 2 is 2.47 bits per heavy atom. The number of fused-ring (bicyclic) bond motifs is 2. The molecule has 4 nitrogen and oxygen atoms in total. The third-order valence-electron chi connectivity index (χ3n) is 3.36. The van der Waals surface area contributed by atoms with Crippen molar-refractivity contribution in [2.24, 2.45) is 5.92 Å². The summed E-state index contributed by atoms with van der Waals surface area (Å²) >= 11 is 1.29. The molecule has 80 valence electrons. The summed E-state index contributed by atoms with van der Waals surface area (Å²) in [5.74, 6) is -0.0599. The van der Waals surface area contributed by atoms with Crippen molar-refractivity contribution in [2.75, 3.05) is 11.4 Å². The van der Waals surface area contributed by atoms with Crippen molar-refractivity contribution < 1.29 is 9.90 Å². The second-order valence-corrected chi connectivity index (χ2v) is 5.31. The first-order valence-electron chi connectivity index (χ1n) is 5.20. The molecule has 3 rings (SSSR count). The Kier molecular flexibility index (Phi) is 1.95. The molecule has 1 N–H and O–H groups in total. The summed E-state index contributed by atoms with van der Waals surface area (Å²) in [7, 11) is 0. The van der Waals surface area contributed by atoms with Gasteiger partial charge in [-0.2, -0.15) is 0 Å². The molecular formula is C10H12N2O2S. The van der Waals surface area contributed by atoms with Gasteiger partial charge in [0.2, 0.25) is 0 Å². The Morgan fingerprint density at radius 1 is 1.60 bits per heavy atom. The Morgan fingerprint density at radius 3 is 3.00 bits per heavy atom. The molecule has 5 heteroatoms. The van der Waals surface area contributed by atoms with Crippen LogP contribution in [0.2, 0.25) is 0 Å². The summed E-state index contributed by atoms with van der Waals surface area (Å²) in [6, 6.07) is 0.614. The molecule has 1 aromatic rings. The van der Waals surface area contributed by atoms with Crippen molar-refractivity contribution >= 4 is 22.4 Å². The monoisotopic (exact) mass is 224 g/mol. The van der Waals surface area contributed by atoms with Gasteiger partial charge in [-0.1, -0.05) is 11.3 Å². The first kappa shape index (κ1) is 9.15. The molecule has 2 bridgehead atoms. The number of anilines is 1. The van der Waals surface area contributed by atoms with Crippen molar-refractivity contribution in [3.8, 4) is 0 Å². The zero-order valence-electron chi connectivity index (χ0n) is 8.22. The van der Waals surface area contributed by atoms with Gasteiger partial charge in [0.15, 0.2) is 5.13 Å². The Bertz CT molecular complexity index is 404. The first-order chi connectivity index (χ1) is 7.24. The number of aromatic nitrogens is 1. The number of aromatic carboxylic acids is 1. The summed E-state index contributed by atoms with van der Waals surface area (Å²) in [5.41, 5.74) is 0. The van der Waals surface area contributed by atoms with Crippen molar-refractivity contribution in [3.63, 3.8) is 0 Å². The molecule has 1 saturated heterocycles. The predicted molar refractivity (Wildman–Crippen MR) is 57.5 cm³/mol. The minimum absolute atomic E-state index is 0.341. The molecule has 0 spiro atoms. The van der Waals surface area contributed by atoms with Crippen LogP contribution in [-0.2, 0) is 0 Å². The number of piperidine rings is 1. The SMILES string of the molecule is O=C(O)c1cnc(N2CC3CCC2C3)s1. The van der Waals surface area contributed by atoms with E-state index >= 15 is 0 Å². The topological polar surface area (TPSA) is 53.4 Å². The van der Waals surface area contributed by atoms with E-state index in [-0.39, 0.29) is 0 Å². The van der Waals surface area contributed by atoms with E-state index in [1.807, 2.05) is 0 Å². The highest BCUT2D eigenvalue weighted by Gasteiger charge is 2.39. The average molecular weight is 224 g/mol. The quantitative estimate of drug-likeness (QED) is 0.832. The van der Waals surface area contributed by atoms with Crippen LogP contribution in [0.4, 0.5) is 5.13 Å². The fourth-order valence-corrected chi connectivity index (χ4v) is 3.49. The van der Waals surface area contributed by atoms with E-state index in [1.165, 1.54) is 36.8 Å². The summed E-state index contributed by atoms with van der Waals surface area (Å²) in [4.78, 5) is 17.6. The minimum atomic E-state index is -0.872. The average Bonchev–Trinajstić information content (AvgIpc) is 2.93. The smallest absolute Gasteiger partial charge is 0.347 e. The van der Waals surface area contributed by atoms with Gasteiger partial charge in [0.25, 0.3) is 0 Å². The van der Waals surface area contributed by atoms with Crippen molar-refractivity contribution in [2.45, 2.75) is 25.3 Å². The van der Waals surface area contributed by atoms with Crippen molar-refractivity contribution in [1.29, 1.82) is 0 Å². The van der Waals surface area contributed by atoms with E-state index in [0.717, 1.165) is 17.6 Å². The molecule has 0 radical (unpaired) electrons. The second-order valence-electron chi connectivity index (χ2n) is 4.30. The van der Waals surface area contributed by atoms with Crippen molar-refractivity contribution in [1.82, 2.24) is 4.98 Å². The molecule has 2 unspecified atom stereocenters. The van der Waals surface area contributed by atoms with Crippen LogP contribution >= 0.6 is 11.3 Å². The van der Waals surface area contributed by atoms with E-state index < -0.39 is 5.97 Å². The van der Waals surface area contributed by atoms with Crippen molar-refractivity contribution in [3.05, 3.63) is 11.1 Å². The van der Waals surface area contributed by atoms with Crippen LogP contribution in [0.3, 0.4) is 0 Å². The molecule has 0 aromatic carbocycles. The number of thiazole rings is 1. The van der Waals surface area contributed by atoms with Gasteiger partial charge in [0.1, 0.15) is 4.88 Å². The first-order valence-corrected chi connectivity index (χ1v) is 6.01. The fourth-order valence-electron chi connectivity index (χ4n) is 2.66. The third-order valence-corrected chi connectivity index (χ3v) is 4.38. The number of hydrogen-bond donors (Lipinski definition) is 1. The van der Waals surface area contributed by atoms with Crippen LogP contribution in [0, 0.1) is 5.92 Å².